The summed E-state index contributed by atoms with van der Waals surface area (Å²) in [7, 11) is -4.23. The lowest BCUT2D eigenvalue weighted by atomic mass is 9.90. The predicted octanol–water partition coefficient (Wildman–Crippen LogP) is 5.39. The third-order valence-corrected chi connectivity index (χ3v) is 9.73. The number of thioether (sulfide) groups is 1. The Labute approximate surface area is 277 Å². The van der Waals surface area contributed by atoms with Crippen LogP contribution in [-0.4, -0.2) is 46.4 Å². The van der Waals surface area contributed by atoms with Gasteiger partial charge in [0.25, 0.3) is 10.0 Å². The zero-order valence-electron chi connectivity index (χ0n) is 25.8. The van der Waals surface area contributed by atoms with Crippen LogP contribution in [0.15, 0.2) is 119 Å². The van der Waals surface area contributed by atoms with Crippen LogP contribution >= 0.6 is 11.8 Å². The smallest absolute Gasteiger partial charge is 0.346 e. The summed E-state index contributed by atoms with van der Waals surface area (Å²) in [6.45, 7) is 2.28. The highest BCUT2D eigenvalue weighted by molar-refractivity contribution is 7.98. The number of carbonyl (C=O) groups excluding carboxylic acids is 1. The van der Waals surface area contributed by atoms with Crippen molar-refractivity contribution in [2.24, 2.45) is 0 Å². The van der Waals surface area contributed by atoms with Gasteiger partial charge in [0, 0.05) is 30.6 Å². The molecule has 0 saturated heterocycles. The summed E-state index contributed by atoms with van der Waals surface area (Å²) < 4.78 is 30.4. The number of carboxylic acids is 1. The van der Waals surface area contributed by atoms with Gasteiger partial charge in [0.2, 0.25) is 5.60 Å². The molecule has 47 heavy (non-hydrogen) atoms. The van der Waals surface area contributed by atoms with Gasteiger partial charge in [-0.3, -0.25) is 0 Å². The number of aliphatic hydroxyl groups is 1. The van der Waals surface area contributed by atoms with Crippen molar-refractivity contribution in [3.8, 4) is 11.1 Å². The third kappa shape index (κ3) is 7.09. The summed E-state index contributed by atoms with van der Waals surface area (Å²) >= 11 is 1.26. The van der Waals surface area contributed by atoms with E-state index in [9.17, 15) is 28.2 Å². The molecular weight excluding hydrogens is 637 g/mol. The fourth-order valence-corrected chi connectivity index (χ4v) is 7.16. The van der Waals surface area contributed by atoms with Crippen molar-refractivity contribution in [1.82, 2.24) is 19.6 Å². The lowest BCUT2D eigenvalue weighted by Crippen LogP contribution is -2.39. The molecule has 0 radical (unpaired) electrons. The van der Waals surface area contributed by atoms with Gasteiger partial charge in [0.1, 0.15) is 16.5 Å². The number of urea groups is 1. The monoisotopic (exact) mass is 670 g/mol. The van der Waals surface area contributed by atoms with Crippen LogP contribution < -0.4 is 10.0 Å². The van der Waals surface area contributed by atoms with Crippen molar-refractivity contribution >= 4 is 33.8 Å². The van der Waals surface area contributed by atoms with Crippen LogP contribution in [0, 0.1) is 0 Å². The zero-order valence-corrected chi connectivity index (χ0v) is 27.4. The lowest BCUT2D eigenvalue weighted by molar-refractivity contribution is -0.155. The topological polar surface area (TPSA) is 151 Å². The Morgan fingerprint density at radius 1 is 0.872 bits per heavy atom. The van der Waals surface area contributed by atoms with Crippen molar-refractivity contribution in [1.29, 1.82) is 0 Å². The predicted molar refractivity (Wildman–Crippen MR) is 180 cm³/mol. The van der Waals surface area contributed by atoms with Gasteiger partial charge in [0.15, 0.2) is 0 Å². The first-order valence-electron chi connectivity index (χ1n) is 14.8. The maximum Gasteiger partial charge on any atom is 0.346 e. The van der Waals surface area contributed by atoms with Crippen molar-refractivity contribution in [3.63, 3.8) is 0 Å². The highest BCUT2D eigenvalue weighted by Gasteiger charge is 2.45. The van der Waals surface area contributed by atoms with Gasteiger partial charge < -0.3 is 20.1 Å². The average molecular weight is 671 g/mol. The molecule has 0 saturated carbocycles. The number of aryl methyl sites for hydroxylation is 1. The van der Waals surface area contributed by atoms with E-state index in [1.807, 2.05) is 49.4 Å². The summed E-state index contributed by atoms with van der Waals surface area (Å²) in [6, 6.07) is 30.1. The Bertz CT molecular complexity index is 1980. The third-order valence-electron chi connectivity index (χ3n) is 7.67. The van der Waals surface area contributed by atoms with E-state index in [2.05, 4.69) is 15.0 Å². The Balaban J connectivity index is 1.43. The zero-order chi connectivity index (χ0) is 33.6. The van der Waals surface area contributed by atoms with Crippen LogP contribution in [-0.2, 0) is 39.9 Å². The van der Waals surface area contributed by atoms with Gasteiger partial charge in [-0.05, 0) is 29.0 Å². The molecule has 0 aliphatic carbocycles. The maximum absolute atomic E-state index is 13.3. The van der Waals surface area contributed by atoms with Gasteiger partial charge in [0.05, 0.1) is 4.90 Å². The van der Waals surface area contributed by atoms with E-state index in [1.54, 1.807) is 71.5 Å². The van der Waals surface area contributed by atoms with Gasteiger partial charge in [-0.2, -0.15) is 0 Å². The number of sulfonamides is 1. The molecule has 0 bridgehead atoms. The van der Waals surface area contributed by atoms with E-state index in [0.717, 1.165) is 11.1 Å². The Hall–Kier alpha value is -4.91. The summed E-state index contributed by atoms with van der Waals surface area (Å²) in [5.41, 5.74) is 0.611. The number of hydrogen-bond acceptors (Lipinski definition) is 7. The molecule has 4 N–H and O–H groups in total. The van der Waals surface area contributed by atoms with Crippen LogP contribution in [0.1, 0.15) is 35.1 Å². The second-order valence-corrected chi connectivity index (χ2v) is 13.1. The summed E-state index contributed by atoms with van der Waals surface area (Å²) in [4.78, 5) is 29.8. The van der Waals surface area contributed by atoms with Gasteiger partial charge >= 0.3 is 12.0 Å². The van der Waals surface area contributed by atoms with E-state index < -0.39 is 27.6 Å². The molecular formula is C35H34N4O6S2. The number of benzene rings is 4. The van der Waals surface area contributed by atoms with Gasteiger partial charge in [-0.15, -0.1) is 11.8 Å². The first-order valence-corrected chi connectivity index (χ1v) is 17.5. The standard InChI is InChI=1S/C35H34N4O6S2/c1-3-30-37-32(46-2)31(35(43,33(40)41)27-14-8-5-9-15-27)39(30)23-25-18-20-26(21-19-25)28-16-10-11-17-29(28)47(44,45)38-34(42)36-22-24-12-6-4-7-13-24/h4-21,43H,3,22-23H2,1-2H3,(H,40,41)(H2,36,38,42). The molecule has 4 aromatic carbocycles. The summed E-state index contributed by atoms with van der Waals surface area (Å²) in [6.07, 6.45) is 2.28. The maximum atomic E-state index is 13.3. The van der Waals surface area contributed by atoms with Crippen LogP contribution in [0.25, 0.3) is 11.1 Å². The molecule has 1 aromatic heterocycles. The molecule has 1 heterocycles. The van der Waals surface area contributed by atoms with Crippen LogP contribution in [0.4, 0.5) is 4.79 Å². The highest BCUT2D eigenvalue weighted by Crippen LogP contribution is 2.37. The number of nitrogens with one attached hydrogen (secondary N) is 2. The number of hydrogen-bond donors (Lipinski definition) is 4. The molecule has 1 atom stereocenters. The minimum atomic E-state index is -4.23. The molecule has 5 rings (SSSR count). The Morgan fingerprint density at radius 2 is 1.49 bits per heavy atom. The van der Waals surface area contributed by atoms with E-state index in [4.69, 9.17) is 0 Å². The van der Waals surface area contributed by atoms with E-state index in [0.29, 0.717) is 28.4 Å². The SMILES string of the molecule is CCc1nc(SC)c(C(O)(C(=O)O)c2ccccc2)n1Cc1ccc(-c2ccccc2S(=O)(=O)NC(=O)NCc2ccccc2)cc1. The van der Waals surface area contributed by atoms with Gasteiger partial charge in [-0.25, -0.2) is 27.7 Å². The molecule has 1 unspecified atom stereocenters. The van der Waals surface area contributed by atoms with Crippen molar-refractivity contribution in [3.05, 3.63) is 137 Å². The fraction of sp³-hybridized carbons (Fsp3) is 0.171. The van der Waals surface area contributed by atoms with Crippen LogP contribution in [0.3, 0.4) is 0 Å². The molecule has 0 fully saturated rings. The normalized spacial score (nSPS) is 12.7. The number of nitrogens with zero attached hydrogens (tertiary/aromatic N) is 2. The van der Waals surface area contributed by atoms with Crippen molar-refractivity contribution in [2.45, 2.75) is 42.0 Å². The number of aromatic nitrogens is 2. The van der Waals surface area contributed by atoms with E-state index in [-0.39, 0.29) is 29.2 Å². The molecule has 0 aliphatic heterocycles. The molecule has 12 heteroatoms. The number of rotatable bonds is 12. The van der Waals surface area contributed by atoms with Crippen molar-refractivity contribution in [2.75, 3.05) is 6.26 Å². The number of carboxylic acid groups (broad SMARTS) is 1. The van der Waals surface area contributed by atoms with Crippen LogP contribution in [0.2, 0.25) is 0 Å². The highest BCUT2D eigenvalue weighted by atomic mass is 32.2. The first kappa shape index (κ1) is 33.5. The molecule has 0 spiro atoms. The number of imidazole rings is 1. The largest absolute Gasteiger partial charge is 0.479 e. The Kier molecular flexibility index (Phi) is 10.1. The molecule has 242 valence electrons. The van der Waals surface area contributed by atoms with Gasteiger partial charge in [-0.1, -0.05) is 110 Å². The number of aliphatic carboxylic acids is 1. The number of carbonyl (C=O) groups is 2. The fourth-order valence-electron chi connectivity index (χ4n) is 5.35. The minimum absolute atomic E-state index is 0.0632. The average Bonchev–Trinajstić information content (AvgIpc) is 3.45. The van der Waals surface area contributed by atoms with E-state index in [1.165, 1.54) is 17.8 Å². The summed E-state index contributed by atoms with van der Waals surface area (Å²) in [5, 5.41) is 25.1. The van der Waals surface area contributed by atoms with Crippen LogP contribution in [0.5, 0.6) is 0 Å². The molecule has 10 nitrogen and oxygen atoms in total. The minimum Gasteiger partial charge on any atom is -0.479 e. The van der Waals surface area contributed by atoms with E-state index >= 15 is 0 Å². The molecule has 0 aliphatic rings. The summed E-state index contributed by atoms with van der Waals surface area (Å²) in [5.74, 6) is -0.810. The number of amides is 2. The quantitative estimate of drug-likeness (QED) is 0.129. The lowest BCUT2D eigenvalue weighted by Gasteiger charge is -2.27. The second kappa shape index (κ2) is 14.2. The van der Waals surface area contributed by atoms with Crippen molar-refractivity contribution < 1.29 is 28.2 Å². The molecule has 2 amide bonds. The Morgan fingerprint density at radius 3 is 2.11 bits per heavy atom. The second-order valence-electron chi connectivity index (χ2n) is 10.7. The molecule has 5 aromatic rings. The first-order chi connectivity index (χ1) is 22.6.